The zero-order chi connectivity index (χ0) is 83.1. The zero-order valence-corrected chi connectivity index (χ0v) is 68.1. The Hall–Kier alpha value is 0.660. The maximum absolute atomic E-state index is 12.2. The number of hydrogen-bond acceptors (Lipinski definition) is 62. The van der Waals surface area contributed by atoms with Crippen molar-refractivity contribution in [1.29, 1.82) is 0 Å². The van der Waals surface area contributed by atoms with Gasteiger partial charge in [-0.15, -0.1) is 39.0 Å². The Balaban J connectivity index is 1.34. The molecule has 0 aromatic rings. The molecule has 6 aliphatic rings. The molecule has 6 saturated heterocycles. The largest absolute Gasteiger partial charge is 0.397 e. The maximum atomic E-state index is 12.2. The lowest BCUT2D eigenvalue weighted by atomic mass is 9.79. The van der Waals surface area contributed by atoms with Crippen LogP contribution in [0.2, 0.25) is 0 Å². The Morgan fingerprint density at radius 3 is 1.06 bits per heavy atom. The molecule has 30 atom stereocenters. The first-order valence-corrected chi connectivity index (χ1v) is 40.7. The monoisotopic (exact) mass is 1880 g/mol. The van der Waals surface area contributed by atoms with E-state index in [1.807, 2.05) is 0 Å². The van der Waals surface area contributed by atoms with Crippen molar-refractivity contribution in [2.75, 3.05) is 79.3 Å². The van der Waals surface area contributed by atoms with Crippen molar-refractivity contribution >= 4 is 120 Å². The van der Waals surface area contributed by atoms with Gasteiger partial charge in [-0.2, -0.15) is 8.42 Å². The van der Waals surface area contributed by atoms with E-state index in [1.165, 1.54) is 34.6 Å². The summed E-state index contributed by atoms with van der Waals surface area (Å²) in [4.78, 5) is 5.59. The second-order valence-electron chi connectivity index (χ2n) is 24.4. The minimum absolute atomic E-state index is 0.0702. The highest BCUT2D eigenvalue weighted by atomic mass is 32.3. The van der Waals surface area contributed by atoms with E-state index in [2.05, 4.69) is 79.2 Å². The molecule has 0 amide bonds. The molecule has 0 aliphatic carbocycles. The van der Waals surface area contributed by atoms with Gasteiger partial charge in [-0.05, 0) is 48.5 Å². The second-order valence-corrected chi connectivity index (χ2v) is 29.8. The zero-order valence-electron chi connectivity index (χ0n) is 59.8. The van der Waals surface area contributed by atoms with E-state index in [9.17, 15) is 42.0 Å². The molecule has 674 valence electrons. The highest BCUT2D eigenvalue weighted by Crippen LogP contribution is 2.43. The van der Waals surface area contributed by atoms with E-state index in [0.717, 1.165) is 0 Å². The molecule has 0 bridgehead atoms. The van der Waals surface area contributed by atoms with Gasteiger partial charge in [-0.25, -0.2) is 59.5 Å². The SMILES string of the molecule is CCOC[C@@H]1OC(C)[C@@H](OSOOO)[C@H](COC[C@@H]2OC(C)[C@@H](OSOOO)[C@H](OSOOO)C2OSOOO)C1COC[C@@H]1OC(C)[C@@H](OO[SH](=O)=O)[C@H](COC[C@@H]2OC(C)[C@@H](OSOOO)[C@H](COC[C@@H]3OC(C)[C@H](OSOOO)[C@H](O)C3OSOOO)C2OSOOO)C1COC[C@@H]1OC(C)[C@@H](O)[C@@H](OS(=O)(=O)O)C1O. The number of rotatable bonds is 60. The van der Waals surface area contributed by atoms with Crippen molar-refractivity contribution in [2.45, 2.75) is 201 Å². The summed E-state index contributed by atoms with van der Waals surface area (Å²) >= 11 is 0.968. The standard InChI is InChI=1S/C49H88O55S10/c1-8-66-14-31-27(29(41(22(4)74-31)79-105-96-88-53)12-70-19-36-47(85-111-102-94-59)49(86-112-103-95-60)44(25(7)77-36)82-108-99-91-56)10-67-15-32-26(9-68-16-33-38(51)48(87-114(63,64)65)37(50)20(2)72-33)28(40(21(3)73-32)78-104-113(61)62)11-69-17-34-45(83-109-100-92-57)30(42(23(5)75-34)80-106-97-89-54)13-71-18-35-46(84-110-101-93-58)39(52)43(24(6)76-35)81-107-98-90-55/h20-60,113H,8-19H2,1-7H3,(H,63,64,65)/t20?,21?,22?,23?,24?,25?,26?,27?,28-,29-,30+,31+,32+,33+,34+,35+,36+,37-,38?,39+,40-,41-,42-,43+,44-,45?,46?,47?,48-,49+/m1/s1. The van der Waals surface area contributed by atoms with E-state index in [4.69, 9.17) is 136 Å². The summed E-state index contributed by atoms with van der Waals surface area (Å²) in [6.45, 7) is 6.40. The van der Waals surface area contributed by atoms with Gasteiger partial charge in [0.15, 0.2) is 98.6 Å². The van der Waals surface area contributed by atoms with Gasteiger partial charge >= 0.3 is 10.4 Å². The second kappa shape index (κ2) is 57.3. The van der Waals surface area contributed by atoms with Crippen molar-refractivity contribution < 1.29 is 257 Å². The average Bonchev–Trinajstić information content (AvgIpc) is 0.810. The lowest BCUT2D eigenvalue weighted by Crippen LogP contribution is -2.60. The van der Waals surface area contributed by atoms with Crippen LogP contribution in [-0.4, -0.2) is 311 Å². The Bertz CT molecular complexity index is 2700. The quantitative estimate of drug-likeness (QED) is 0.0103. The first kappa shape index (κ1) is 103. The summed E-state index contributed by atoms with van der Waals surface area (Å²) in [5.41, 5.74) is 0. The van der Waals surface area contributed by atoms with Gasteiger partial charge < -0.3 is 72.2 Å². The van der Waals surface area contributed by atoms with Gasteiger partial charge in [0.1, 0.15) is 104 Å². The molecule has 65 heteroatoms. The Labute approximate surface area is 683 Å². The smallest absolute Gasteiger partial charge is 0.388 e. The normalized spacial score (nSPS) is 36.5. The molecule has 6 aliphatic heterocycles. The predicted octanol–water partition coefficient (Wildman–Crippen LogP) is 1.98. The molecule has 12 N–H and O–H groups in total. The van der Waals surface area contributed by atoms with Crippen molar-refractivity contribution in [3.05, 3.63) is 0 Å². The fourth-order valence-electron chi connectivity index (χ4n) is 13.1. The molecule has 6 fully saturated rings. The summed E-state index contributed by atoms with van der Waals surface area (Å²) in [7, 11) is -9.05. The summed E-state index contributed by atoms with van der Waals surface area (Å²) in [6.07, 6.45) is -32.5. The summed E-state index contributed by atoms with van der Waals surface area (Å²) in [6, 6.07) is 0. The van der Waals surface area contributed by atoms with Gasteiger partial charge in [0.2, 0.25) is 0 Å². The molecular weight excluding hydrogens is 1790 g/mol. The van der Waals surface area contributed by atoms with Crippen molar-refractivity contribution in [1.82, 2.24) is 0 Å². The van der Waals surface area contributed by atoms with Gasteiger partial charge in [0.25, 0.3) is 11.0 Å². The van der Waals surface area contributed by atoms with Crippen LogP contribution < -0.4 is 0 Å². The third kappa shape index (κ3) is 33.5. The van der Waals surface area contributed by atoms with Crippen LogP contribution in [0.15, 0.2) is 0 Å². The Morgan fingerprint density at radius 2 is 0.614 bits per heavy atom. The topological polar surface area (TPSA) is 671 Å². The maximum Gasteiger partial charge on any atom is 0.397 e. The van der Waals surface area contributed by atoms with Crippen LogP contribution in [0.5, 0.6) is 0 Å². The molecule has 0 aromatic heterocycles. The summed E-state index contributed by atoms with van der Waals surface area (Å²) < 4.78 is 224. The van der Waals surface area contributed by atoms with Crippen LogP contribution in [0.25, 0.3) is 0 Å². The third-order valence-electron chi connectivity index (χ3n) is 17.9. The van der Waals surface area contributed by atoms with E-state index in [1.54, 1.807) is 13.8 Å². The molecular formula is C49H88O55S10. The molecule has 0 radical (unpaired) electrons. The number of thiol groups is 1. The fourth-order valence-corrected chi connectivity index (χ4v) is 17.1. The van der Waals surface area contributed by atoms with Gasteiger partial charge in [-0.1, -0.05) is 40.3 Å². The lowest BCUT2D eigenvalue weighted by Gasteiger charge is -2.47. The van der Waals surface area contributed by atoms with Gasteiger partial charge in [0.05, 0.1) is 122 Å². The molecule has 6 rings (SSSR count). The minimum Gasteiger partial charge on any atom is -0.388 e. The first-order chi connectivity index (χ1) is 54.9. The summed E-state index contributed by atoms with van der Waals surface area (Å²) in [5.74, 6) is -5.11. The summed E-state index contributed by atoms with van der Waals surface area (Å²) in [5, 5.41) is 135. The fraction of sp³-hybridized carbons (Fsp3) is 1.00. The Morgan fingerprint density at radius 1 is 0.307 bits per heavy atom. The van der Waals surface area contributed by atoms with Crippen molar-refractivity contribution in [3.8, 4) is 0 Å². The molecule has 114 heavy (non-hydrogen) atoms. The van der Waals surface area contributed by atoms with Crippen LogP contribution in [0.3, 0.4) is 0 Å². The highest BCUT2D eigenvalue weighted by Gasteiger charge is 2.55. The van der Waals surface area contributed by atoms with Crippen LogP contribution in [0, 0.1) is 29.6 Å². The molecule has 0 saturated carbocycles. The third-order valence-corrected chi connectivity index (χ3v) is 21.9. The number of aliphatic hydroxyl groups excluding tert-OH is 3. The highest BCUT2D eigenvalue weighted by molar-refractivity contribution is 7.91. The Kier molecular flexibility index (Phi) is 52.0. The molecule has 0 spiro atoms. The molecule has 12 unspecified atom stereocenters. The lowest BCUT2D eigenvalue weighted by molar-refractivity contribution is -0.436. The predicted molar refractivity (Wildman–Crippen MR) is 363 cm³/mol. The number of ether oxygens (including phenoxy) is 12. The minimum atomic E-state index is -5.29. The first-order valence-electron chi connectivity index (χ1n) is 32.9. The van der Waals surface area contributed by atoms with E-state index in [-0.39, 0.29) is 125 Å². The van der Waals surface area contributed by atoms with Crippen molar-refractivity contribution in [3.63, 3.8) is 0 Å². The van der Waals surface area contributed by atoms with E-state index >= 15 is 0 Å². The molecule has 55 nitrogen and oxygen atoms in total. The van der Waals surface area contributed by atoms with Crippen molar-refractivity contribution in [2.24, 2.45) is 29.6 Å². The molecule has 6 heterocycles. The number of hydrogen-bond donors (Lipinski definition) is 13. The van der Waals surface area contributed by atoms with E-state index in [0.29, 0.717) is 0 Å². The van der Waals surface area contributed by atoms with Gasteiger partial charge in [-0.3, -0.25) is 38.0 Å². The average molecular weight is 1880 g/mol. The van der Waals surface area contributed by atoms with Crippen LogP contribution >= 0.6 is 98.6 Å². The van der Waals surface area contributed by atoms with Crippen LogP contribution in [-0.2, 0) is 200 Å². The van der Waals surface area contributed by atoms with Crippen LogP contribution in [0.4, 0.5) is 0 Å². The van der Waals surface area contributed by atoms with Crippen LogP contribution in [0.1, 0.15) is 48.5 Å². The molecule has 0 aromatic carbocycles. The van der Waals surface area contributed by atoms with Gasteiger partial charge in [0, 0.05) is 36.2 Å². The number of aliphatic hydroxyl groups is 3. The van der Waals surface area contributed by atoms with E-state index < -0.39 is 256 Å².